The first-order chi connectivity index (χ1) is 14.1. The molecule has 1 heterocycles. The lowest BCUT2D eigenvalue weighted by Crippen LogP contribution is -2.43. The van der Waals surface area contributed by atoms with Gasteiger partial charge >= 0.3 is 6.36 Å². The zero-order chi connectivity index (χ0) is 21.9. The van der Waals surface area contributed by atoms with Crippen LogP contribution in [0.4, 0.5) is 24.5 Å². The van der Waals surface area contributed by atoms with Crippen molar-refractivity contribution in [2.24, 2.45) is 0 Å². The van der Waals surface area contributed by atoms with Gasteiger partial charge in [0.05, 0.1) is 23.4 Å². The van der Waals surface area contributed by atoms with Crippen LogP contribution < -0.4 is 24.4 Å². The van der Waals surface area contributed by atoms with Gasteiger partial charge in [-0.1, -0.05) is 11.6 Å². The third-order valence-electron chi connectivity index (χ3n) is 4.33. The summed E-state index contributed by atoms with van der Waals surface area (Å²) in [6, 6.07) is 7.47. The number of nitrogens with one attached hydrogen (secondary N) is 2. The number of alkyl halides is 3. The molecule has 1 aliphatic heterocycles. The molecule has 2 aromatic carbocycles. The van der Waals surface area contributed by atoms with Crippen LogP contribution in [0.1, 0.15) is 0 Å². The summed E-state index contributed by atoms with van der Waals surface area (Å²) in [5.74, 6) is -0.266. The van der Waals surface area contributed by atoms with E-state index in [0.29, 0.717) is 24.5 Å². The molecule has 2 aromatic rings. The molecule has 3 rings (SSSR count). The molecule has 0 spiro atoms. The van der Waals surface area contributed by atoms with E-state index in [1.165, 1.54) is 31.4 Å². The van der Waals surface area contributed by atoms with Crippen molar-refractivity contribution in [3.63, 3.8) is 0 Å². The third kappa shape index (κ3) is 6.45. The van der Waals surface area contributed by atoms with E-state index in [4.69, 9.17) is 16.3 Å². The smallest absolute Gasteiger partial charge is 0.495 e. The maximum absolute atomic E-state index is 12.9. The van der Waals surface area contributed by atoms with E-state index in [2.05, 4.69) is 14.8 Å². The van der Waals surface area contributed by atoms with E-state index in [-0.39, 0.29) is 22.3 Å². The number of methoxy groups -OCH3 is 1. The number of hydrogen-bond acceptors (Lipinski definition) is 6. The topological polar surface area (TPSA) is 79.9 Å². The number of halogens is 5. The van der Waals surface area contributed by atoms with Crippen LogP contribution in [0.15, 0.2) is 41.3 Å². The van der Waals surface area contributed by atoms with Crippen LogP contribution in [-0.4, -0.2) is 48.1 Å². The Labute approximate surface area is 188 Å². The number of nitrogens with zero attached hydrogens (tertiary/aromatic N) is 1. The summed E-state index contributed by atoms with van der Waals surface area (Å²) in [5.41, 5.74) is 0.181. The number of sulfonamides is 1. The average molecular weight is 502 g/mol. The number of rotatable bonds is 6. The second kappa shape index (κ2) is 10.0. The third-order valence-corrected chi connectivity index (χ3v) is 5.93. The van der Waals surface area contributed by atoms with Crippen LogP contribution in [0.3, 0.4) is 0 Å². The van der Waals surface area contributed by atoms with E-state index >= 15 is 0 Å². The van der Waals surface area contributed by atoms with E-state index in [1.54, 1.807) is 0 Å². The Morgan fingerprint density at radius 2 is 1.77 bits per heavy atom. The van der Waals surface area contributed by atoms with Crippen LogP contribution in [0, 0.1) is 0 Å². The van der Waals surface area contributed by atoms with Gasteiger partial charge in [0, 0.05) is 37.3 Å². The highest BCUT2D eigenvalue weighted by molar-refractivity contribution is 7.92. The van der Waals surface area contributed by atoms with Crippen molar-refractivity contribution in [2.75, 3.05) is 42.9 Å². The molecule has 0 radical (unpaired) electrons. The molecule has 0 amide bonds. The molecule has 31 heavy (non-hydrogen) atoms. The summed E-state index contributed by atoms with van der Waals surface area (Å²) in [5, 5.41) is 3.16. The molecule has 172 valence electrons. The first kappa shape index (κ1) is 25.2. The van der Waals surface area contributed by atoms with E-state index in [1.807, 2.05) is 4.90 Å². The average Bonchev–Trinajstić information content (AvgIpc) is 2.69. The highest BCUT2D eigenvalue weighted by Crippen LogP contribution is 2.36. The zero-order valence-electron chi connectivity index (χ0n) is 16.2. The fourth-order valence-corrected chi connectivity index (χ4v) is 4.24. The summed E-state index contributed by atoms with van der Waals surface area (Å²) in [4.78, 5) is 1.83. The summed E-state index contributed by atoms with van der Waals surface area (Å²) in [6.07, 6.45) is -5.01. The Bertz CT molecular complexity index is 1020. The Kier molecular flexibility index (Phi) is 8.15. The molecule has 1 fully saturated rings. The van der Waals surface area contributed by atoms with Crippen molar-refractivity contribution in [2.45, 2.75) is 11.3 Å². The fraction of sp³-hybridized carbons (Fsp3) is 0.333. The van der Waals surface area contributed by atoms with Crippen molar-refractivity contribution in [1.82, 2.24) is 5.32 Å². The molecule has 0 unspecified atom stereocenters. The molecular formula is C18H20Cl2F3N3O4S. The molecule has 0 aromatic heterocycles. The van der Waals surface area contributed by atoms with Gasteiger partial charge in [0.1, 0.15) is 5.75 Å². The Morgan fingerprint density at radius 3 is 2.39 bits per heavy atom. The number of benzene rings is 2. The van der Waals surface area contributed by atoms with Crippen LogP contribution in [0.2, 0.25) is 5.02 Å². The number of ether oxygens (including phenoxy) is 2. The van der Waals surface area contributed by atoms with Gasteiger partial charge in [-0.25, -0.2) is 8.42 Å². The van der Waals surface area contributed by atoms with Crippen LogP contribution in [0.5, 0.6) is 11.5 Å². The van der Waals surface area contributed by atoms with Crippen molar-refractivity contribution in [1.29, 1.82) is 0 Å². The SMILES string of the molecule is COc1ccc(S(=O)(=O)Nc2ccc(Cl)cc2OC(F)(F)F)cc1N1CCNCC1.Cl. The van der Waals surface area contributed by atoms with Crippen LogP contribution in [0.25, 0.3) is 0 Å². The van der Waals surface area contributed by atoms with Crippen molar-refractivity contribution in [3.05, 3.63) is 41.4 Å². The molecule has 1 aliphatic rings. The van der Waals surface area contributed by atoms with Gasteiger partial charge < -0.3 is 19.7 Å². The maximum atomic E-state index is 12.9. The molecule has 0 bridgehead atoms. The normalized spacial score (nSPS) is 14.5. The lowest BCUT2D eigenvalue weighted by Gasteiger charge is -2.30. The van der Waals surface area contributed by atoms with E-state index < -0.39 is 27.8 Å². The fourth-order valence-electron chi connectivity index (χ4n) is 2.98. The van der Waals surface area contributed by atoms with Gasteiger partial charge in [-0.3, -0.25) is 4.72 Å². The van der Waals surface area contributed by atoms with E-state index in [0.717, 1.165) is 25.2 Å². The lowest BCUT2D eigenvalue weighted by atomic mass is 10.2. The van der Waals surface area contributed by atoms with Crippen molar-refractivity contribution in [3.8, 4) is 11.5 Å². The van der Waals surface area contributed by atoms with E-state index in [9.17, 15) is 21.6 Å². The standard InChI is InChI=1S/C18H19ClF3N3O4S.ClH/c1-28-16-5-3-13(11-15(16)25-8-6-23-7-9-25)30(26,27)24-14-4-2-12(19)10-17(14)29-18(20,21)22;/h2-5,10-11,23-24H,6-9H2,1H3;1H. The molecule has 0 aliphatic carbocycles. The molecule has 0 atom stereocenters. The summed E-state index contributed by atoms with van der Waals surface area (Å²) < 4.78 is 75.2. The largest absolute Gasteiger partial charge is 0.573 e. The highest BCUT2D eigenvalue weighted by atomic mass is 35.5. The minimum atomic E-state index is -5.01. The summed E-state index contributed by atoms with van der Waals surface area (Å²) >= 11 is 5.72. The Balaban J connectivity index is 0.00000341. The number of piperazine rings is 1. The second-order valence-electron chi connectivity index (χ2n) is 6.36. The molecule has 13 heteroatoms. The predicted molar refractivity (Wildman–Crippen MR) is 114 cm³/mol. The first-order valence-electron chi connectivity index (χ1n) is 8.81. The quantitative estimate of drug-likeness (QED) is 0.625. The van der Waals surface area contributed by atoms with Crippen LogP contribution in [-0.2, 0) is 10.0 Å². The predicted octanol–water partition coefficient (Wildman–Crippen LogP) is 3.88. The molecule has 1 saturated heterocycles. The minimum absolute atomic E-state index is 0. The van der Waals surface area contributed by atoms with Gasteiger partial charge in [-0.15, -0.1) is 25.6 Å². The monoisotopic (exact) mass is 501 g/mol. The van der Waals surface area contributed by atoms with Gasteiger partial charge in [0.25, 0.3) is 10.0 Å². The first-order valence-corrected chi connectivity index (χ1v) is 10.7. The molecule has 0 saturated carbocycles. The van der Waals surface area contributed by atoms with Crippen molar-refractivity contribution < 1.29 is 31.1 Å². The minimum Gasteiger partial charge on any atom is -0.495 e. The van der Waals surface area contributed by atoms with Gasteiger partial charge in [-0.2, -0.15) is 0 Å². The summed E-state index contributed by atoms with van der Waals surface area (Å²) in [6.45, 7) is 2.74. The Morgan fingerprint density at radius 1 is 1.10 bits per heavy atom. The molecule has 2 N–H and O–H groups in total. The summed E-state index contributed by atoms with van der Waals surface area (Å²) in [7, 11) is -2.75. The second-order valence-corrected chi connectivity index (χ2v) is 8.48. The molecule has 7 nitrogen and oxygen atoms in total. The maximum Gasteiger partial charge on any atom is 0.573 e. The van der Waals surface area contributed by atoms with Gasteiger partial charge in [0.15, 0.2) is 5.75 Å². The lowest BCUT2D eigenvalue weighted by molar-refractivity contribution is -0.274. The van der Waals surface area contributed by atoms with Gasteiger partial charge in [-0.05, 0) is 30.3 Å². The molecular weight excluding hydrogens is 482 g/mol. The number of anilines is 2. The highest BCUT2D eigenvalue weighted by Gasteiger charge is 2.33. The number of hydrogen-bond donors (Lipinski definition) is 2. The zero-order valence-corrected chi connectivity index (χ0v) is 18.6. The van der Waals surface area contributed by atoms with Crippen molar-refractivity contribution >= 4 is 45.4 Å². The van der Waals surface area contributed by atoms with Gasteiger partial charge in [0.2, 0.25) is 0 Å². The van der Waals surface area contributed by atoms with Crippen LogP contribution >= 0.6 is 24.0 Å². The Hall–Kier alpha value is -2.08.